The molecule has 0 saturated carbocycles. The molecule has 4 nitrogen and oxygen atoms in total. The van der Waals surface area contributed by atoms with E-state index < -0.39 is 11.9 Å². The molecule has 0 atom stereocenters. The van der Waals surface area contributed by atoms with Crippen molar-refractivity contribution in [2.45, 2.75) is 6.92 Å². The van der Waals surface area contributed by atoms with E-state index in [9.17, 15) is 9.59 Å². The monoisotopic (exact) mass is 323 g/mol. The largest absolute Gasteiger partial charge is 0.478 e. The zero-order valence-corrected chi connectivity index (χ0v) is 12.5. The second-order valence-corrected chi connectivity index (χ2v) is 5.24. The fourth-order valence-electron chi connectivity index (χ4n) is 1.81. The number of rotatable bonds is 3. The van der Waals surface area contributed by atoms with Crippen LogP contribution in [0.4, 0.5) is 5.69 Å². The summed E-state index contributed by atoms with van der Waals surface area (Å²) in [6.45, 7) is 1.79. The molecule has 0 aliphatic heterocycles. The van der Waals surface area contributed by atoms with Gasteiger partial charge in [0, 0.05) is 10.7 Å². The molecule has 2 rings (SSSR count). The van der Waals surface area contributed by atoms with Crippen molar-refractivity contribution in [3.8, 4) is 0 Å². The average molecular weight is 324 g/mol. The summed E-state index contributed by atoms with van der Waals surface area (Å²) in [5.41, 5.74) is 1.38. The molecular weight excluding hydrogens is 313 g/mol. The molecular formula is C15H11Cl2NO3. The number of aromatic carboxylic acids is 1. The number of halogens is 2. The van der Waals surface area contributed by atoms with Crippen molar-refractivity contribution in [3.63, 3.8) is 0 Å². The van der Waals surface area contributed by atoms with Crippen LogP contribution in [0.1, 0.15) is 26.3 Å². The zero-order valence-electron chi connectivity index (χ0n) is 11.0. The van der Waals surface area contributed by atoms with Crippen molar-refractivity contribution < 1.29 is 14.7 Å². The number of carboxylic acids is 1. The maximum absolute atomic E-state index is 12.2. The summed E-state index contributed by atoms with van der Waals surface area (Å²) < 4.78 is 0. The lowest BCUT2D eigenvalue weighted by atomic mass is 10.1. The fourth-order valence-corrected chi connectivity index (χ4v) is 2.25. The van der Waals surface area contributed by atoms with E-state index in [0.29, 0.717) is 16.3 Å². The summed E-state index contributed by atoms with van der Waals surface area (Å²) in [6, 6.07) is 9.20. The normalized spacial score (nSPS) is 10.2. The van der Waals surface area contributed by atoms with E-state index in [4.69, 9.17) is 28.3 Å². The predicted octanol–water partition coefficient (Wildman–Crippen LogP) is 4.25. The summed E-state index contributed by atoms with van der Waals surface area (Å²) in [5.74, 6) is -1.55. The van der Waals surface area contributed by atoms with E-state index in [0.717, 1.165) is 5.56 Å². The van der Waals surface area contributed by atoms with Gasteiger partial charge in [0.15, 0.2) is 0 Å². The third-order valence-electron chi connectivity index (χ3n) is 2.84. The van der Waals surface area contributed by atoms with Gasteiger partial charge in [-0.2, -0.15) is 0 Å². The van der Waals surface area contributed by atoms with Gasteiger partial charge in [-0.25, -0.2) is 4.79 Å². The lowest BCUT2D eigenvalue weighted by Gasteiger charge is -2.09. The van der Waals surface area contributed by atoms with Crippen LogP contribution in [0.15, 0.2) is 36.4 Å². The van der Waals surface area contributed by atoms with Crippen molar-refractivity contribution in [1.82, 2.24) is 0 Å². The highest BCUT2D eigenvalue weighted by molar-refractivity contribution is 6.35. The molecule has 108 valence electrons. The molecule has 0 heterocycles. The Morgan fingerprint density at radius 3 is 2.52 bits per heavy atom. The molecule has 0 bridgehead atoms. The number of anilines is 1. The van der Waals surface area contributed by atoms with E-state index in [2.05, 4.69) is 5.32 Å². The molecule has 2 aromatic carbocycles. The van der Waals surface area contributed by atoms with Gasteiger partial charge >= 0.3 is 5.97 Å². The van der Waals surface area contributed by atoms with Crippen LogP contribution in [-0.2, 0) is 0 Å². The standard InChI is InChI=1S/C15H11Cl2NO3/c1-8-3-2-4-12(13(8)17)14(19)18-11-6-9(15(20)21)5-10(16)7-11/h2-7H,1H3,(H,18,19)(H,20,21). The number of carboxylic acid groups (broad SMARTS) is 1. The van der Waals surface area contributed by atoms with Gasteiger partial charge in [0.25, 0.3) is 5.91 Å². The van der Waals surface area contributed by atoms with Crippen LogP contribution in [0.3, 0.4) is 0 Å². The molecule has 0 spiro atoms. The molecule has 0 aliphatic carbocycles. The van der Waals surface area contributed by atoms with E-state index in [-0.39, 0.29) is 10.6 Å². The van der Waals surface area contributed by atoms with Crippen LogP contribution in [0.2, 0.25) is 10.0 Å². The zero-order chi connectivity index (χ0) is 15.6. The number of hydrogen-bond donors (Lipinski definition) is 2. The maximum atomic E-state index is 12.2. The van der Waals surface area contributed by atoms with Crippen molar-refractivity contribution >= 4 is 40.8 Å². The molecule has 6 heteroatoms. The molecule has 0 aromatic heterocycles. The van der Waals surface area contributed by atoms with Gasteiger partial charge in [-0.3, -0.25) is 4.79 Å². The average Bonchev–Trinajstić information content (AvgIpc) is 2.41. The minimum atomic E-state index is -1.12. The van der Waals surface area contributed by atoms with Gasteiger partial charge in [-0.15, -0.1) is 0 Å². The van der Waals surface area contributed by atoms with Crippen molar-refractivity contribution in [3.05, 3.63) is 63.1 Å². The van der Waals surface area contributed by atoms with Crippen molar-refractivity contribution in [1.29, 1.82) is 0 Å². The smallest absolute Gasteiger partial charge is 0.335 e. The van der Waals surface area contributed by atoms with Crippen LogP contribution in [0, 0.1) is 6.92 Å². The number of carbonyl (C=O) groups is 2. The van der Waals surface area contributed by atoms with Crippen LogP contribution in [-0.4, -0.2) is 17.0 Å². The Morgan fingerprint density at radius 2 is 1.86 bits per heavy atom. The number of aryl methyl sites for hydroxylation is 1. The third kappa shape index (κ3) is 3.54. The molecule has 0 saturated heterocycles. The van der Waals surface area contributed by atoms with Gasteiger partial charge in [-0.1, -0.05) is 35.3 Å². The van der Waals surface area contributed by atoms with Crippen LogP contribution < -0.4 is 5.32 Å². The summed E-state index contributed by atoms with van der Waals surface area (Å²) in [6.07, 6.45) is 0. The summed E-state index contributed by atoms with van der Waals surface area (Å²) in [7, 11) is 0. The molecule has 1 amide bonds. The molecule has 0 unspecified atom stereocenters. The highest BCUT2D eigenvalue weighted by Crippen LogP contribution is 2.23. The Labute approximate surface area is 131 Å². The van der Waals surface area contributed by atoms with E-state index in [1.807, 2.05) is 0 Å². The first-order chi connectivity index (χ1) is 9.88. The summed E-state index contributed by atoms with van der Waals surface area (Å²) in [5, 5.41) is 12.1. The number of hydrogen-bond acceptors (Lipinski definition) is 2. The van der Waals surface area contributed by atoms with Crippen LogP contribution in [0.5, 0.6) is 0 Å². The number of benzene rings is 2. The van der Waals surface area contributed by atoms with Gasteiger partial charge in [0.05, 0.1) is 16.1 Å². The molecule has 2 aromatic rings. The molecule has 21 heavy (non-hydrogen) atoms. The Morgan fingerprint density at radius 1 is 1.14 bits per heavy atom. The third-order valence-corrected chi connectivity index (χ3v) is 3.56. The van der Waals surface area contributed by atoms with Crippen molar-refractivity contribution in [2.75, 3.05) is 5.32 Å². The Kier molecular flexibility index (Phi) is 4.50. The Hall–Kier alpha value is -2.04. The minimum absolute atomic E-state index is 0.00635. The van der Waals surface area contributed by atoms with Crippen LogP contribution >= 0.6 is 23.2 Å². The minimum Gasteiger partial charge on any atom is -0.478 e. The molecule has 0 fully saturated rings. The van der Waals surface area contributed by atoms with Gasteiger partial charge in [0.2, 0.25) is 0 Å². The molecule has 0 aliphatic rings. The Balaban J connectivity index is 2.31. The summed E-state index contributed by atoms with van der Waals surface area (Å²) in [4.78, 5) is 23.2. The van der Waals surface area contributed by atoms with E-state index in [1.165, 1.54) is 18.2 Å². The number of amides is 1. The van der Waals surface area contributed by atoms with Crippen LogP contribution in [0.25, 0.3) is 0 Å². The van der Waals surface area contributed by atoms with Gasteiger partial charge < -0.3 is 10.4 Å². The molecule has 2 N–H and O–H groups in total. The second-order valence-electron chi connectivity index (χ2n) is 4.42. The second kappa shape index (κ2) is 6.16. The summed E-state index contributed by atoms with van der Waals surface area (Å²) >= 11 is 11.9. The highest BCUT2D eigenvalue weighted by atomic mass is 35.5. The SMILES string of the molecule is Cc1cccc(C(=O)Nc2cc(Cl)cc(C(=O)O)c2)c1Cl. The van der Waals surface area contributed by atoms with Crippen molar-refractivity contribution in [2.24, 2.45) is 0 Å². The molecule has 0 radical (unpaired) electrons. The first-order valence-electron chi connectivity index (χ1n) is 5.99. The van der Waals surface area contributed by atoms with E-state index >= 15 is 0 Å². The van der Waals surface area contributed by atoms with E-state index in [1.54, 1.807) is 25.1 Å². The van der Waals surface area contributed by atoms with Gasteiger partial charge in [0.1, 0.15) is 0 Å². The quantitative estimate of drug-likeness (QED) is 0.887. The first-order valence-corrected chi connectivity index (χ1v) is 6.74. The lowest BCUT2D eigenvalue weighted by Crippen LogP contribution is -2.13. The predicted molar refractivity (Wildman–Crippen MR) is 82.6 cm³/mol. The fraction of sp³-hybridized carbons (Fsp3) is 0.0667. The topological polar surface area (TPSA) is 66.4 Å². The number of nitrogens with one attached hydrogen (secondary N) is 1. The highest BCUT2D eigenvalue weighted by Gasteiger charge is 2.13. The first kappa shape index (κ1) is 15.4. The lowest BCUT2D eigenvalue weighted by molar-refractivity contribution is 0.0696. The Bertz CT molecular complexity index is 729. The maximum Gasteiger partial charge on any atom is 0.335 e. The van der Waals surface area contributed by atoms with Gasteiger partial charge in [-0.05, 0) is 36.8 Å². The number of carbonyl (C=O) groups excluding carboxylic acids is 1.